The highest BCUT2D eigenvalue weighted by atomic mass is 19.3. The van der Waals surface area contributed by atoms with Crippen LogP contribution in [0.25, 0.3) is 0 Å². The molecule has 0 bridgehead atoms. The third kappa shape index (κ3) is 6.09. The highest BCUT2D eigenvalue weighted by Gasteiger charge is 2.27. The zero-order valence-electron chi connectivity index (χ0n) is 13.4. The number of hydrogen-bond acceptors (Lipinski definition) is 7. The maximum absolute atomic E-state index is 12.6. The summed E-state index contributed by atoms with van der Waals surface area (Å²) in [6.07, 6.45) is -1.26. The summed E-state index contributed by atoms with van der Waals surface area (Å²) in [6.45, 7) is 1.39. The largest absolute Gasteiger partial charge is 0.462 e. The molecule has 8 nitrogen and oxygen atoms in total. The Balaban J connectivity index is 2.95. The van der Waals surface area contributed by atoms with Gasteiger partial charge >= 0.3 is 12.4 Å². The van der Waals surface area contributed by atoms with Crippen LogP contribution in [-0.2, 0) is 14.3 Å². The van der Waals surface area contributed by atoms with Crippen LogP contribution in [0.3, 0.4) is 0 Å². The van der Waals surface area contributed by atoms with E-state index in [2.05, 4.69) is 9.84 Å². The SMILES string of the molecule is CCOC(=O)C(=CN(C)N=Cc1ccc([N+](=O)[O-])cc1)C(=O)C(F)F. The smallest absolute Gasteiger partial charge is 0.343 e. The van der Waals surface area contributed by atoms with E-state index in [1.54, 1.807) is 0 Å². The molecule has 0 aliphatic heterocycles. The van der Waals surface area contributed by atoms with Crippen LogP contribution in [0.1, 0.15) is 12.5 Å². The first-order valence-electron chi connectivity index (χ1n) is 6.98. The minimum Gasteiger partial charge on any atom is -0.462 e. The van der Waals surface area contributed by atoms with Crippen molar-refractivity contribution >= 4 is 23.7 Å². The first-order chi connectivity index (χ1) is 11.8. The van der Waals surface area contributed by atoms with Gasteiger partial charge in [-0.25, -0.2) is 13.6 Å². The molecule has 0 aromatic heterocycles. The topological polar surface area (TPSA) is 102 Å². The number of nitrogens with zero attached hydrogens (tertiary/aromatic N) is 3. The minimum absolute atomic E-state index is 0.0809. The Morgan fingerprint density at radius 2 is 1.96 bits per heavy atom. The number of hydrogen-bond donors (Lipinski definition) is 0. The van der Waals surface area contributed by atoms with E-state index >= 15 is 0 Å². The molecule has 1 aromatic carbocycles. The van der Waals surface area contributed by atoms with E-state index in [4.69, 9.17) is 0 Å². The maximum atomic E-state index is 12.6. The maximum Gasteiger partial charge on any atom is 0.343 e. The lowest BCUT2D eigenvalue weighted by molar-refractivity contribution is -0.384. The predicted molar refractivity (Wildman–Crippen MR) is 84.2 cm³/mol. The fraction of sp³-hybridized carbons (Fsp3) is 0.267. The fourth-order valence-electron chi connectivity index (χ4n) is 1.60. The summed E-state index contributed by atoms with van der Waals surface area (Å²) in [5.41, 5.74) is -0.443. The number of nitro groups is 1. The van der Waals surface area contributed by atoms with Gasteiger partial charge in [-0.15, -0.1) is 0 Å². The molecule has 0 spiro atoms. The molecule has 0 amide bonds. The summed E-state index contributed by atoms with van der Waals surface area (Å²) in [4.78, 5) is 33.0. The van der Waals surface area contributed by atoms with Crippen LogP contribution in [0.4, 0.5) is 14.5 Å². The lowest BCUT2D eigenvalue weighted by atomic mass is 10.2. The molecule has 10 heteroatoms. The average molecular weight is 355 g/mol. The quantitative estimate of drug-likeness (QED) is 0.135. The Morgan fingerprint density at radius 1 is 1.36 bits per heavy atom. The lowest BCUT2D eigenvalue weighted by Crippen LogP contribution is -2.23. The molecule has 0 radical (unpaired) electrons. The molecule has 0 N–H and O–H groups in total. The zero-order chi connectivity index (χ0) is 19.0. The van der Waals surface area contributed by atoms with Crippen LogP contribution in [-0.4, -0.2) is 48.0 Å². The molecule has 0 fully saturated rings. The van der Waals surface area contributed by atoms with Gasteiger partial charge in [0.15, 0.2) is 0 Å². The van der Waals surface area contributed by atoms with Gasteiger partial charge in [0.25, 0.3) is 5.69 Å². The van der Waals surface area contributed by atoms with Crippen molar-refractivity contribution in [1.82, 2.24) is 5.01 Å². The third-order valence-corrected chi connectivity index (χ3v) is 2.77. The summed E-state index contributed by atoms with van der Waals surface area (Å²) in [5.74, 6) is -2.85. The number of non-ortho nitro benzene ring substituents is 1. The Bertz CT molecular complexity index is 702. The molecule has 0 atom stereocenters. The van der Waals surface area contributed by atoms with Crippen LogP contribution >= 0.6 is 0 Å². The van der Waals surface area contributed by atoms with Gasteiger partial charge < -0.3 is 4.74 Å². The molecule has 0 saturated heterocycles. The second kappa shape index (κ2) is 9.21. The molecule has 0 unspecified atom stereocenters. The number of halogens is 2. The van der Waals surface area contributed by atoms with E-state index in [0.29, 0.717) is 5.56 Å². The summed E-state index contributed by atoms with van der Waals surface area (Å²) in [7, 11) is 1.32. The van der Waals surface area contributed by atoms with Crippen molar-refractivity contribution in [2.24, 2.45) is 5.10 Å². The predicted octanol–water partition coefficient (Wildman–Crippen LogP) is 2.14. The highest BCUT2D eigenvalue weighted by molar-refractivity contribution is 6.18. The molecule has 1 aromatic rings. The van der Waals surface area contributed by atoms with Crippen molar-refractivity contribution in [3.8, 4) is 0 Å². The first kappa shape index (κ1) is 19.9. The van der Waals surface area contributed by atoms with Crippen LogP contribution in [0, 0.1) is 10.1 Å². The standard InChI is InChI=1S/C15H15F2N3O5/c1-3-25-15(22)12(13(21)14(16)17)9-19(2)18-8-10-4-6-11(7-5-10)20(23)24/h4-9,14H,3H2,1-2H3. The number of rotatable bonds is 8. The number of ketones is 1. The fourth-order valence-corrected chi connectivity index (χ4v) is 1.60. The number of ether oxygens (including phenoxy) is 1. The normalized spacial score (nSPS) is 11.6. The average Bonchev–Trinajstić information content (AvgIpc) is 2.57. The van der Waals surface area contributed by atoms with E-state index in [0.717, 1.165) is 11.2 Å². The number of carbonyl (C=O) groups is 2. The van der Waals surface area contributed by atoms with Crippen LogP contribution in [0.15, 0.2) is 41.1 Å². The Morgan fingerprint density at radius 3 is 2.44 bits per heavy atom. The van der Waals surface area contributed by atoms with Crippen molar-refractivity contribution in [2.45, 2.75) is 13.3 Å². The highest BCUT2D eigenvalue weighted by Crippen LogP contribution is 2.12. The molecule has 0 aliphatic rings. The monoisotopic (exact) mass is 355 g/mol. The summed E-state index contributed by atoms with van der Waals surface area (Å²) in [5, 5.41) is 15.4. The van der Waals surface area contributed by atoms with Crippen molar-refractivity contribution in [3.63, 3.8) is 0 Å². The number of alkyl halides is 2. The Kier molecular flexibility index (Phi) is 7.32. The van der Waals surface area contributed by atoms with Gasteiger partial charge in [0.2, 0.25) is 5.78 Å². The summed E-state index contributed by atoms with van der Waals surface area (Å²) >= 11 is 0. The van der Waals surface area contributed by atoms with Crippen molar-refractivity contribution in [3.05, 3.63) is 51.7 Å². The zero-order valence-corrected chi connectivity index (χ0v) is 13.4. The van der Waals surface area contributed by atoms with Gasteiger partial charge in [0, 0.05) is 25.4 Å². The van der Waals surface area contributed by atoms with Crippen LogP contribution < -0.4 is 0 Å². The Labute approximate surface area is 141 Å². The number of nitro benzene ring substituents is 1. The third-order valence-electron chi connectivity index (χ3n) is 2.77. The second-order valence-corrected chi connectivity index (χ2v) is 4.60. The number of benzene rings is 1. The van der Waals surface area contributed by atoms with E-state index in [9.17, 15) is 28.5 Å². The van der Waals surface area contributed by atoms with Gasteiger partial charge in [-0.05, 0) is 24.6 Å². The van der Waals surface area contributed by atoms with E-state index in [1.807, 2.05) is 0 Å². The number of carbonyl (C=O) groups excluding carboxylic acids is 2. The van der Waals surface area contributed by atoms with Crippen molar-refractivity contribution in [2.75, 3.05) is 13.7 Å². The molecule has 1 rings (SSSR count). The first-order valence-corrected chi connectivity index (χ1v) is 6.98. The molecular formula is C15H15F2N3O5. The van der Waals surface area contributed by atoms with Gasteiger partial charge in [-0.2, -0.15) is 5.10 Å². The van der Waals surface area contributed by atoms with Crippen LogP contribution in [0.5, 0.6) is 0 Å². The van der Waals surface area contributed by atoms with E-state index in [1.165, 1.54) is 44.5 Å². The molecule has 134 valence electrons. The second-order valence-electron chi connectivity index (χ2n) is 4.60. The summed E-state index contributed by atoms with van der Waals surface area (Å²) in [6, 6.07) is 5.38. The molecular weight excluding hydrogens is 340 g/mol. The summed E-state index contributed by atoms with van der Waals surface area (Å²) < 4.78 is 29.7. The molecule has 0 aliphatic carbocycles. The van der Waals surface area contributed by atoms with Gasteiger partial charge in [0.1, 0.15) is 5.57 Å². The molecule has 0 saturated carbocycles. The van der Waals surface area contributed by atoms with Gasteiger partial charge in [-0.3, -0.25) is 19.9 Å². The molecule has 25 heavy (non-hydrogen) atoms. The number of Topliss-reactive ketones (excluding diaryl/α,β-unsaturated/α-hetero) is 1. The van der Waals surface area contributed by atoms with E-state index in [-0.39, 0.29) is 12.3 Å². The number of esters is 1. The van der Waals surface area contributed by atoms with Crippen LogP contribution in [0.2, 0.25) is 0 Å². The van der Waals surface area contributed by atoms with Gasteiger partial charge in [0.05, 0.1) is 17.7 Å². The Hall–Kier alpha value is -3.17. The van der Waals surface area contributed by atoms with Gasteiger partial charge in [-0.1, -0.05) is 0 Å². The lowest BCUT2D eigenvalue weighted by Gasteiger charge is -2.10. The minimum atomic E-state index is -3.36. The van der Waals surface area contributed by atoms with Crippen molar-refractivity contribution in [1.29, 1.82) is 0 Å². The van der Waals surface area contributed by atoms with Crippen molar-refractivity contribution < 1.29 is 28.0 Å². The van der Waals surface area contributed by atoms with E-state index < -0.39 is 28.7 Å². The number of hydrazone groups is 1. The molecule has 0 heterocycles.